The number of alkyl halides is 1. The maximum atomic E-state index is 11.0. The van der Waals surface area contributed by atoms with Crippen LogP contribution in [0, 0.1) is 16.2 Å². The monoisotopic (exact) mass is 190 g/mol. The Bertz CT molecular complexity index is 277. The molecule has 0 saturated heterocycles. The zero-order chi connectivity index (χ0) is 7.91. The van der Waals surface area contributed by atoms with E-state index >= 15 is 0 Å². The fraction of sp³-hybridized carbons (Fsp3) is 0.875. The summed E-state index contributed by atoms with van der Waals surface area (Å²) in [6, 6.07) is 0. The number of carbonyl (C=O) groups is 1. The Balaban J connectivity index is 1.93. The van der Waals surface area contributed by atoms with Crippen molar-refractivity contribution in [2.75, 3.05) is 5.88 Å². The summed E-state index contributed by atoms with van der Waals surface area (Å²) < 4.78 is 0. The van der Waals surface area contributed by atoms with Crippen LogP contribution in [0.1, 0.15) is 19.3 Å². The van der Waals surface area contributed by atoms with Crippen LogP contribution in [-0.2, 0) is 4.79 Å². The van der Waals surface area contributed by atoms with Gasteiger partial charge >= 0.3 is 0 Å². The van der Waals surface area contributed by atoms with E-state index in [1.165, 1.54) is 0 Å². The predicted octanol–water partition coefficient (Wildman–Crippen LogP) is 2.16. The first kappa shape index (κ1) is 6.73. The SMILES string of the molecule is O=C(Cl)C12CC3(CCl)C[C@]31C2. The third kappa shape index (κ3) is 0.410. The smallest absolute Gasteiger partial charge is 0.228 e. The second kappa shape index (κ2) is 1.38. The van der Waals surface area contributed by atoms with E-state index in [9.17, 15) is 4.79 Å². The molecule has 0 heterocycles. The van der Waals surface area contributed by atoms with Gasteiger partial charge in [0.1, 0.15) is 0 Å². The summed E-state index contributed by atoms with van der Waals surface area (Å²) in [5, 5.41) is -0.115. The second-order valence-electron chi connectivity index (χ2n) is 4.38. The maximum absolute atomic E-state index is 11.0. The molecule has 0 amide bonds. The Morgan fingerprint density at radius 1 is 1.36 bits per heavy atom. The van der Waals surface area contributed by atoms with Gasteiger partial charge in [0.15, 0.2) is 0 Å². The van der Waals surface area contributed by atoms with E-state index in [0.29, 0.717) is 10.8 Å². The van der Waals surface area contributed by atoms with E-state index in [-0.39, 0.29) is 10.7 Å². The van der Waals surface area contributed by atoms with Crippen molar-refractivity contribution >= 4 is 28.4 Å². The van der Waals surface area contributed by atoms with Crippen molar-refractivity contribution in [1.82, 2.24) is 0 Å². The number of hydrogen-bond acceptors (Lipinski definition) is 1. The Labute approximate surface area is 75.0 Å². The van der Waals surface area contributed by atoms with E-state index in [2.05, 4.69) is 0 Å². The van der Waals surface area contributed by atoms with Crippen LogP contribution in [0.3, 0.4) is 0 Å². The molecule has 0 radical (unpaired) electrons. The standard InChI is InChI=1S/C8H8Cl2O/c9-4-6-1-7(5(10)11)3-8(6,7)2-6/h1-4H2/t6?,7?,8-/m0/s1. The Morgan fingerprint density at radius 2 is 2.09 bits per heavy atom. The predicted molar refractivity (Wildman–Crippen MR) is 42.7 cm³/mol. The molecule has 3 aliphatic rings. The van der Waals surface area contributed by atoms with Gasteiger partial charge in [-0.25, -0.2) is 0 Å². The highest BCUT2D eigenvalue weighted by Crippen LogP contribution is 3.00. The summed E-state index contributed by atoms with van der Waals surface area (Å²) in [7, 11) is 0. The van der Waals surface area contributed by atoms with Gasteiger partial charge in [0.05, 0.1) is 5.41 Å². The highest BCUT2D eigenvalue weighted by Gasteiger charge is 2.97. The molecule has 3 fully saturated rings. The van der Waals surface area contributed by atoms with E-state index < -0.39 is 0 Å². The summed E-state index contributed by atoms with van der Waals surface area (Å²) in [5.41, 5.74) is 0.559. The second-order valence-corrected chi connectivity index (χ2v) is 4.99. The van der Waals surface area contributed by atoms with Crippen LogP contribution in [0.2, 0.25) is 0 Å². The molecule has 3 saturated carbocycles. The number of rotatable bonds is 2. The molecule has 0 aliphatic heterocycles. The van der Waals surface area contributed by atoms with Gasteiger partial charge in [-0.05, 0) is 41.7 Å². The third-order valence-corrected chi connectivity index (χ3v) is 5.07. The minimum atomic E-state index is -0.115. The number of carbonyl (C=O) groups excluding carboxylic acids is 1. The van der Waals surface area contributed by atoms with Crippen LogP contribution < -0.4 is 0 Å². The topological polar surface area (TPSA) is 17.1 Å². The lowest BCUT2D eigenvalue weighted by atomic mass is 9.76. The molecule has 60 valence electrons. The van der Waals surface area contributed by atoms with Crippen molar-refractivity contribution in [3.63, 3.8) is 0 Å². The lowest BCUT2D eigenvalue weighted by Crippen LogP contribution is -2.31. The molecule has 0 aromatic carbocycles. The molecular formula is C8H8Cl2O. The Kier molecular flexibility index (Phi) is 0.842. The molecule has 0 N–H and O–H groups in total. The summed E-state index contributed by atoms with van der Waals surface area (Å²) in [4.78, 5) is 11.0. The number of hydrogen-bond donors (Lipinski definition) is 0. The zero-order valence-electron chi connectivity index (χ0n) is 5.99. The van der Waals surface area contributed by atoms with Crippen molar-refractivity contribution in [3.8, 4) is 0 Å². The lowest BCUT2D eigenvalue weighted by Gasteiger charge is -2.29. The Hall–Kier alpha value is 0.250. The summed E-state index contributed by atoms with van der Waals surface area (Å²) in [6.07, 6.45) is 3.14. The van der Waals surface area contributed by atoms with Crippen LogP contribution in [0.4, 0.5) is 0 Å². The van der Waals surface area contributed by atoms with Crippen molar-refractivity contribution < 1.29 is 4.79 Å². The molecule has 3 atom stereocenters. The van der Waals surface area contributed by atoms with Crippen LogP contribution in [0.5, 0.6) is 0 Å². The minimum absolute atomic E-state index is 0.0938. The average molecular weight is 191 g/mol. The molecule has 0 aromatic rings. The van der Waals surface area contributed by atoms with Gasteiger partial charge in [0.2, 0.25) is 5.24 Å². The van der Waals surface area contributed by atoms with Crippen LogP contribution in [0.25, 0.3) is 0 Å². The molecule has 2 unspecified atom stereocenters. The molecular weight excluding hydrogens is 183 g/mol. The number of halogens is 2. The molecule has 1 spiro atoms. The minimum Gasteiger partial charge on any atom is -0.281 e. The average Bonchev–Trinajstić information content (AvgIpc) is 2.72. The van der Waals surface area contributed by atoms with Gasteiger partial charge in [0, 0.05) is 5.88 Å². The van der Waals surface area contributed by atoms with E-state index in [1.807, 2.05) is 0 Å². The summed E-state index contributed by atoms with van der Waals surface area (Å²) in [5.74, 6) is 0.721. The first-order chi connectivity index (χ1) is 5.13. The molecule has 3 heteroatoms. The van der Waals surface area contributed by atoms with Gasteiger partial charge in [-0.15, -0.1) is 11.6 Å². The summed E-state index contributed by atoms with van der Waals surface area (Å²) >= 11 is 11.3. The van der Waals surface area contributed by atoms with Crippen molar-refractivity contribution in [3.05, 3.63) is 0 Å². The highest BCUT2D eigenvalue weighted by molar-refractivity contribution is 6.65. The molecule has 0 aromatic heterocycles. The van der Waals surface area contributed by atoms with Crippen molar-refractivity contribution in [2.24, 2.45) is 16.2 Å². The molecule has 3 rings (SSSR count). The van der Waals surface area contributed by atoms with Crippen molar-refractivity contribution in [2.45, 2.75) is 19.3 Å². The van der Waals surface area contributed by atoms with E-state index in [0.717, 1.165) is 25.1 Å². The van der Waals surface area contributed by atoms with Crippen LogP contribution >= 0.6 is 23.2 Å². The van der Waals surface area contributed by atoms with Gasteiger partial charge in [-0.1, -0.05) is 0 Å². The third-order valence-electron chi connectivity index (χ3n) is 4.20. The largest absolute Gasteiger partial charge is 0.281 e. The van der Waals surface area contributed by atoms with Crippen molar-refractivity contribution in [1.29, 1.82) is 0 Å². The zero-order valence-corrected chi connectivity index (χ0v) is 7.50. The van der Waals surface area contributed by atoms with Gasteiger partial charge in [0.25, 0.3) is 0 Å². The molecule has 1 nitrogen and oxygen atoms in total. The normalized spacial score (nSPS) is 62.4. The molecule has 0 bridgehead atoms. The fourth-order valence-electron chi connectivity index (χ4n) is 3.42. The van der Waals surface area contributed by atoms with E-state index in [1.54, 1.807) is 0 Å². The van der Waals surface area contributed by atoms with Crippen LogP contribution in [-0.4, -0.2) is 11.1 Å². The quantitative estimate of drug-likeness (QED) is 0.482. The molecule has 11 heavy (non-hydrogen) atoms. The lowest BCUT2D eigenvalue weighted by molar-refractivity contribution is -0.119. The first-order valence-corrected chi connectivity index (χ1v) is 4.80. The Morgan fingerprint density at radius 3 is 2.36 bits per heavy atom. The highest BCUT2D eigenvalue weighted by atomic mass is 35.5. The maximum Gasteiger partial charge on any atom is 0.228 e. The van der Waals surface area contributed by atoms with Crippen LogP contribution in [0.15, 0.2) is 0 Å². The molecule has 3 aliphatic carbocycles. The first-order valence-electron chi connectivity index (χ1n) is 3.89. The fourth-order valence-corrected chi connectivity index (χ4v) is 4.17. The van der Waals surface area contributed by atoms with Gasteiger partial charge in [-0.2, -0.15) is 0 Å². The van der Waals surface area contributed by atoms with Gasteiger partial charge in [-0.3, -0.25) is 4.79 Å². The van der Waals surface area contributed by atoms with E-state index in [4.69, 9.17) is 23.2 Å². The van der Waals surface area contributed by atoms with Gasteiger partial charge < -0.3 is 0 Å². The summed E-state index contributed by atoms with van der Waals surface area (Å²) in [6.45, 7) is 0.